The molecule has 1 heteroatoms. The molecule has 0 radical (unpaired) electrons. The average Bonchev–Trinajstić information content (AvgIpc) is 3.73. The van der Waals surface area contributed by atoms with Gasteiger partial charge >= 0.3 is 0 Å². The number of furan rings is 1. The lowest BCUT2D eigenvalue weighted by Crippen LogP contribution is -1.91. The van der Waals surface area contributed by atoms with E-state index in [0.29, 0.717) is 0 Å². The Kier molecular flexibility index (Phi) is 2.13. The quantitative estimate of drug-likeness (QED) is 0.192. The number of rotatable bonds is 3. The second-order valence-electron chi connectivity index (χ2n) is 9.26. The van der Waals surface area contributed by atoms with Crippen LogP contribution in [0, 0.1) is 0 Å². The summed E-state index contributed by atoms with van der Waals surface area (Å²) in [6, 6.07) is -23.5. The van der Waals surface area contributed by atoms with Gasteiger partial charge in [0.15, 0.2) is 0 Å². The molecule has 8 aromatic carbocycles. The Labute approximate surface area is 285 Å². The molecule has 1 heterocycles. The maximum Gasteiger partial charge on any atom is 0.135 e. The summed E-state index contributed by atoms with van der Waals surface area (Å²) in [5.74, 6) is 0. The molecule has 0 amide bonds. The van der Waals surface area contributed by atoms with E-state index in [2.05, 4.69) is 0 Å². The van der Waals surface area contributed by atoms with Gasteiger partial charge in [0, 0.05) is 10.8 Å². The van der Waals surface area contributed by atoms with Gasteiger partial charge in [0.05, 0.1) is 35.6 Å². The standard InChI is InChI=1S/C42H26O/c1-2-12-31-27(10-1)11-9-18-32(31)28-20-22-29(23-21-28)41-34-14-3-5-16-36(34)42(37-17-6-4-15-35(37)41)30-24-25-40-38(26-30)33-13-7-8-19-39(33)43-40/h1-26H/i1D,2D,3D,4D,5D,6D,7D,8D,9D,10D,11D,12D,13D,14D,15D,16D,17D,18D,19D,20D,21D,22D,23D,24D,25D,26D. The third-order valence-corrected chi connectivity index (χ3v) is 6.95. The molecule has 0 spiro atoms. The molecular weight excluding hydrogens is 520 g/mol. The first-order valence-corrected chi connectivity index (χ1v) is 12.7. The van der Waals surface area contributed by atoms with Crippen LogP contribution in [-0.4, -0.2) is 0 Å². The first-order valence-electron chi connectivity index (χ1n) is 25.7. The van der Waals surface area contributed by atoms with Gasteiger partial charge in [-0.3, -0.25) is 0 Å². The van der Waals surface area contributed by atoms with Crippen molar-refractivity contribution in [2.24, 2.45) is 0 Å². The van der Waals surface area contributed by atoms with Gasteiger partial charge in [-0.1, -0.05) is 139 Å². The molecule has 1 aromatic heterocycles. The second kappa shape index (κ2) is 9.44. The molecule has 0 fully saturated rings. The van der Waals surface area contributed by atoms with Gasteiger partial charge in [-0.15, -0.1) is 0 Å². The molecule has 0 N–H and O–H groups in total. The zero-order valence-electron chi connectivity index (χ0n) is 47.4. The van der Waals surface area contributed by atoms with E-state index < -0.39 is 245 Å². The molecule has 0 atom stereocenters. The summed E-state index contributed by atoms with van der Waals surface area (Å²) in [6.07, 6.45) is 0. The zero-order chi connectivity index (χ0) is 51.0. The highest BCUT2D eigenvalue weighted by Crippen LogP contribution is 2.45. The zero-order valence-corrected chi connectivity index (χ0v) is 21.4. The number of fused-ring (bicyclic) bond motifs is 6. The summed E-state index contributed by atoms with van der Waals surface area (Å²) >= 11 is 0. The summed E-state index contributed by atoms with van der Waals surface area (Å²) < 4.78 is 237. The van der Waals surface area contributed by atoms with Gasteiger partial charge < -0.3 is 4.42 Å². The van der Waals surface area contributed by atoms with Crippen molar-refractivity contribution < 1.29 is 40.1 Å². The Hall–Kier alpha value is -5.66. The molecule has 0 unspecified atom stereocenters. The Morgan fingerprint density at radius 1 is 0.349 bits per heavy atom. The normalized spacial score (nSPS) is 20.2. The van der Waals surface area contributed by atoms with E-state index >= 15 is 0 Å². The molecule has 0 saturated carbocycles. The first kappa shape index (κ1) is 9.69. The fourth-order valence-electron chi connectivity index (χ4n) is 5.12. The number of hydrogen-bond acceptors (Lipinski definition) is 1. The van der Waals surface area contributed by atoms with Crippen LogP contribution in [0.15, 0.2) is 162 Å². The number of hydrogen-bond donors (Lipinski definition) is 0. The lowest BCUT2D eigenvalue weighted by molar-refractivity contribution is 0.669. The van der Waals surface area contributed by atoms with Gasteiger partial charge in [-0.25, -0.2) is 0 Å². The molecule has 1 nitrogen and oxygen atoms in total. The molecule has 9 aromatic rings. The van der Waals surface area contributed by atoms with Crippen LogP contribution in [0.25, 0.3) is 87.6 Å². The lowest BCUT2D eigenvalue weighted by Gasteiger charge is -2.18. The van der Waals surface area contributed by atoms with Crippen molar-refractivity contribution in [1.29, 1.82) is 0 Å². The van der Waals surface area contributed by atoms with Gasteiger partial charge in [0.1, 0.15) is 11.2 Å². The van der Waals surface area contributed by atoms with Crippen molar-refractivity contribution >= 4 is 54.3 Å². The van der Waals surface area contributed by atoms with E-state index in [0.717, 1.165) is 0 Å². The highest BCUT2D eigenvalue weighted by Gasteiger charge is 2.18. The van der Waals surface area contributed by atoms with Gasteiger partial charge in [-0.05, 0) is 83.8 Å². The Bertz CT molecular complexity index is 3850. The van der Waals surface area contributed by atoms with Crippen LogP contribution in [-0.2, 0) is 0 Å². The highest BCUT2D eigenvalue weighted by atomic mass is 16.3. The van der Waals surface area contributed by atoms with E-state index in [1.54, 1.807) is 0 Å². The minimum Gasteiger partial charge on any atom is -0.456 e. The topological polar surface area (TPSA) is 13.1 Å². The molecule has 0 aliphatic heterocycles. The fraction of sp³-hybridized carbons (Fsp3) is 0. The Morgan fingerprint density at radius 3 is 1.53 bits per heavy atom. The molecule has 43 heavy (non-hydrogen) atoms. The average molecular weight is 573 g/mol. The molecule has 9 rings (SSSR count). The summed E-state index contributed by atoms with van der Waals surface area (Å²) in [5, 5.41) is -4.89. The maximum atomic E-state index is 9.60. The first-order chi connectivity index (χ1) is 32.2. The Morgan fingerprint density at radius 2 is 0.837 bits per heavy atom. The van der Waals surface area contributed by atoms with Crippen molar-refractivity contribution in [3.8, 4) is 33.4 Å². The van der Waals surface area contributed by atoms with E-state index in [4.69, 9.17) is 26.3 Å². The number of para-hydroxylation sites is 1. The van der Waals surface area contributed by atoms with Crippen LogP contribution in [0.3, 0.4) is 0 Å². The van der Waals surface area contributed by atoms with E-state index in [9.17, 15) is 13.7 Å². The van der Waals surface area contributed by atoms with E-state index in [-0.39, 0.29) is 0 Å². The summed E-state index contributed by atoms with van der Waals surface area (Å²) in [5.41, 5.74) is -5.53. The van der Waals surface area contributed by atoms with Crippen molar-refractivity contribution in [2.45, 2.75) is 0 Å². The summed E-state index contributed by atoms with van der Waals surface area (Å²) in [6.45, 7) is 0. The van der Waals surface area contributed by atoms with Crippen LogP contribution in [0.4, 0.5) is 0 Å². The monoisotopic (exact) mass is 572 g/mol. The third-order valence-electron chi connectivity index (χ3n) is 6.95. The van der Waals surface area contributed by atoms with Crippen molar-refractivity contribution in [3.05, 3.63) is 157 Å². The third kappa shape index (κ3) is 3.72. The van der Waals surface area contributed by atoms with E-state index in [1.165, 1.54) is 0 Å². The molecule has 0 saturated heterocycles. The van der Waals surface area contributed by atoms with E-state index in [1.807, 2.05) is 0 Å². The van der Waals surface area contributed by atoms with Crippen LogP contribution >= 0.6 is 0 Å². The largest absolute Gasteiger partial charge is 0.456 e. The van der Waals surface area contributed by atoms with Gasteiger partial charge in [0.25, 0.3) is 0 Å². The summed E-state index contributed by atoms with van der Waals surface area (Å²) in [7, 11) is 0. The SMILES string of the molecule is [2H]c1c([2H])c(-c2c3c([2H])c([2H])c([2H])c([2H])c3c(-c3c([2H])c([2H])c4oc5c([2H])c([2H])c([2H])c([2H])c5c4c3[2H])c3c([2H])c([2H])c([2H])c([2H])c23)c([2H])c([2H])c1-c1c([2H])c([2H])c([2H])c2c([2H])c([2H])c([2H])c([2H])c12. The number of benzene rings is 8. The van der Waals surface area contributed by atoms with Crippen LogP contribution in [0.5, 0.6) is 0 Å². The van der Waals surface area contributed by atoms with Crippen molar-refractivity contribution in [1.82, 2.24) is 0 Å². The molecular formula is C42H26O. The van der Waals surface area contributed by atoms with Crippen molar-refractivity contribution in [2.75, 3.05) is 0 Å². The van der Waals surface area contributed by atoms with Gasteiger partial charge in [-0.2, -0.15) is 0 Å². The van der Waals surface area contributed by atoms with Gasteiger partial charge in [0.2, 0.25) is 0 Å². The second-order valence-corrected chi connectivity index (χ2v) is 9.26. The van der Waals surface area contributed by atoms with Crippen LogP contribution in [0.1, 0.15) is 35.6 Å². The molecule has 0 aliphatic rings. The minimum atomic E-state index is -1.08. The predicted octanol–water partition coefficient (Wildman–Crippen LogP) is 12.0. The molecule has 0 aliphatic carbocycles. The molecule has 200 valence electrons. The smallest absolute Gasteiger partial charge is 0.135 e. The molecule has 0 bridgehead atoms. The summed E-state index contributed by atoms with van der Waals surface area (Å²) in [4.78, 5) is 0. The minimum absolute atomic E-state index is 0.414. The maximum absolute atomic E-state index is 9.60. The van der Waals surface area contributed by atoms with Crippen LogP contribution < -0.4 is 0 Å². The highest BCUT2D eigenvalue weighted by molar-refractivity contribution is 6.22. The Balaban J connectivity index is 1.56. The van der Waals surface area contributed by atoms with Crippen molar-refractivity contribution in [3.63, 3.8) is 0 Å². The lowest BCUT2D eigenvalue weighted by atomic mass is 9.85. The fourth-order valence-corrected chi connectivity index (χ4v) is 5.12. The van der Waals surface area contributed by atoms with Crippen LogP contribution in [0.2, 0.25) is 0 Å². The predicted molar refractivity (Wildman–Crippen MR) is 183 cm³/mol.